The third-order valence-electron chi connectivity index (χ3n) is 3.52. The number of aromatic nitrogens is 1. The molecular formula is C17H21BrClN3OS. The van der Waals surface area contributed by atoms with E-state index in [-0.39, 0.29) is 0 Å². The summed E-state index contributed by atoms with van der Waals surface area (Å²) in [4.78, 5) is 6.41. The minimum Gasteiger partial charge on any atom is -0.444 e. The number of benzene rings is 1. The molecule has 0 radical (unpaired) electrons. The first-order chi connectivity index (χ1) is 11.3. The van der Waals surface area contributed by atoms with Crippen molar-refractivity contribution in [3.63, 3.8) is 0 Å². The average molecular weight is 431 g/mol. The van der Waals surface area contributed by atoms with Crippen LogP contribution in [-0.2, 0) is 0 Å². The predicted octanol–water partition coefficient (Wildman–Crippen LogP) is 6.39. The lowest BCUT2D eigenvalue weighted by atomic mass is 10.1. The first-order valence-electron chi connectivity index (χ1n) is 7.71. The molecule has 7 heteroatoms. The SMILES string of the molecule is CCN(C)C=Nc1cc(C)c(Oc2snc(C(C)C)c2Br)cc1Cl. The normalized spacial score (nSPS) is 11.5. The lowest BCUT2D eigenvalue weighted by Crippen LogP contribution is -2.14. The maximum atomic E-state index is 6.35. The third kappa shape index (κ3) is 4.49. The van der Waals surface area contributed by atoms with Gasteiger partial charge in [0.2, 0.25) is 5.06 Å². The Labute approximate surface area is 160 Å². The zero-order valence-corrected chi connectivity index (χ0v) is 17.6. The van der Waals surface area contributed by atoms with Crippen LogP contribution in [0, 0.1) is 6.92 Å². The van der Waals surface area contributed by atoms with Gasteiger partial charge < -0.3 is 9.64 Å². The predicted molar refractivity (Wildman–Crippen MR) is 107 cm³/mol. The molecule has 4 nitrogen and oxygen atoms in total. The minimum absolute atomic E-state index is 0.338. The summed E-state index contributed by atoms with van der Waals surface area (Å²) in [5.74, 6) is 1.05. The zero-order chi connectivity index (χ0) is 17.9. The molecule has 130 valence electrons. The van der Waals surface area contributed by atoms with E-state index in [2.05, 4.69) is 46.1 Å². The highest BCUT2D eigenvalue weighted by Crippen LogP contribution is 2.41. The fourth-order valence-corrected chi connectivity index (χ4v) is 3.86. The van der Waals surface area contributed by atoms with E-state index in [0.717, 1.165) is 33.0 Å². The van der Waals surface area contributed by atoms with Gasteiger partial charge in [0.1, 0.15) is 5.75 Å². The molecule has 0 fully saturated rings. The van der Waals surface area contributed by atoms with Crippen LogP contribution in [0.3, 0.4) is 0 Å². The molecule has 0 spiro atoms. The molecule has 0 aliphatic rings. The molecule has 0 saturated carbocycles. The van der Waals surface area contributed by atoms with E-state index in [1.165, 1.54) is 11.5 Å². The molecule has 0 aliphatic heterocycles. The van der Waals surface area contributed by atoms with Gasteiger partial charge >= 0.3 is 0 Å². The highest BCUT2D eigenvalue weighted by atomic mass is 79.9. The Balaban J connectivity index is 2.26. The second-order valence-corrected chi connectivity index (χ2v) is 7.75. The third-order valence-corrected chi connectivity index (χ3v) is 5.59. The first-order valence-corrected chi connectivity index (χ1v) is 9.65. The fraction of sp³-hybridized carbons (Fsp3) is 0.412. The lowest BCUT2D eigenvalue weighted by Gasteiger charge is -2.11. The van der Waals surface area contributed by atoms with Gasteiger partial charge in [-0.05, 0) is 47.3 Å². The number of rotatable bonds is 6. The van der Waals surface area contributed by atoms with E-state index in [1.807, 2.05) is 24.9 Å². The maximum absolute atomic E-state index is 6.35. The molecule has 0 saturated heterocycles. The molecule has 1 aromatic carbocycles. The summed E-state index contributed by atoms with van der Waals surface area (Å²) in [6.45, 7) is 9.14. The summed E-state index contributed by atoms with van der Waals surface area (Å²) in [5, 5.41) is 1.29. The van der Waals surface area contributed by atoms with Crippen molar-refractivity contribution in [2.45, 2.75) is 33.6 Å². The number of hydrogen-bond acceptors (Lipinski definition) is 4. The molecule has 24 heavy (non-hydrogen) atoms. The van der Waals surface area contributed by atoms with Crippen LogP contribution in [0.2, 0.25) is 5.02 Å². The minimum atomic E-state index is 0.338. The van der Waals surface area contributed by atoms with Crippen LogP contribution in [0.4, 0.5) is 5.69 Å². The molecule has 0 unspecified atom stereocenters. The summed E-state index contributed by atoms with van der Waals surface area (Å²) in [5.41, 5.74) is 2.70. The average Bonchev–Trinajstić information content (AvgIpc) is 2.90. The van der Waals surface area contributed by atoms with Crippen LogP contribution in [0.25, 0.3) is 0 Å². The van der Waals surface area contributed by atoms with Gasteiger partial charge in [0.25, 0.3) is 0 Å². The van der Waals surface area contributed by atoms with Crippen molar-refractivity contribution in [2.24, 2.45) is 4.99 Å². The summed E-state index contributed by atoms with van der Waals surface area (Å²) < 4.78 is 11.4. The Hall–Kier alpha value is -1.11. The van der Waals surface area contributed by atoms with Crippen molar-refractivity contribution >= 4 is 51.1 Å². The molecule has 1 heterocycles. The van der Waals surface area contributed by atoms with Gasteiger partial charge in [0, 0.05) is 31.2 Å². The number of halogens is 2. The Morgan fingerprint density at radius 3 is 2.75 bits per heavy atom. The number of aliphatic imine (C=N–C) groups is 1. The van der Waals surface area contributed by atoms with Crippen LogP contribution < -0.4 is 4.74 Å². The van der Waals surface area contributed by atoms with Crippen molar-refractivity contribution in [3.8, 4) is 10.8 Å². The highest BCUT2D eigenvalue weighted by Gasteiger charge is 2.17. The van der Waals surface area contributed by atoms with E-state index in [1.54, 1.807) is 12.4 Å². The molecule has 0 bridgehead atoms. The van der Waals surface area contributed by atoms with Crippen LogP contribution in [-0.4, -0.2) is 29.2 Å². The summed E-state index contributed by atoms with van der Waals surface area (Å²) in [6, 6.07) is 3.73. The zero-order valence-electron chi connectivity index (χ0n) is 14.4. The van der Waals surface area contributed by atoms with E-state index >= 15 is 0 Å². The van der Waals surface area contributed by atoms with Gasteiger partial charge in [-0.3, -0.25) is 0 Å². The standard InChI is InChI=1S/C17H21BrClN3OS/c1-6-22(5)9-20-13-7-11(4)14(8-12(13)19)23-17-15(18)16(10(2)3)21-24-17/h7-10H,6H2,1-5H3. The van der Waals surface area contributed by atoms with Gasteiger partial charge in [-0.2, -0.15) is 4.37 Å². The Kier molecular flexibility index (Phi) is 6.66. The van der Waals surface area contributed by atoms with Gasteiger partial charge in [-0.25, -0.2) is 4.99 Å². The quantitative estimate of drug-likeness (QED) is 0.393. The van der Waals surface area contributed by atoms with Crippen LogP contribution in [0.15, 0.2) is 21.6 Å². The van der Waals surface area contributed by atoms with Gasteiger partial charge in [-0.15, -0.1) is 0 Å². The van der Waals surface area contributed by atoms with Gasteiger partial charge in [0.05, 0.1) is 27.2 Å². The molecule has 2 rings (SSSR count). The fourth-order valence-electron chi connectivity index (χ4n) is 1.90. The Morgan fingerprint density at radius 2 is 2.17 bits per heavy atom. The van der Waals surface area contributed by atoms with Crippen LogP contribution in [0.1, 0.15) is 37.9 Å². The van der Waals surface area contributed by atoms with E-state index in [4.69, 9.17) is 16.3 Å². The van der Waals surface area contributed by atoms with E-state index in [9.17, 15) is 0 Å². The number of nitrogens with zero attached hydrogens (tertiary/aromatic N) is 3. The molecule has 0 amide bonds. The number of aryl methyl sites for hydroxylation is 1. The van der Waals surface area contributed by atoms with E-state index in [0.29, 0.717) is 16.7 Å². The highest BCUT2D eigenvalue weighted by molar-refractivity contribution is 9.10. The molecular weight excluding hydrogens is 410 g/mol. The summed E-state index contributed by atoms with van der Waals surface area (Å²) >= 11 is 11.3. The van der Waals surface area contributed by atoms with Crippen molar-refractivity contribution in [1.82, 2.24) is 9.27 Å². The summed E-state index contributed by atoms with van der Waals surface area (Å²) in [7, 11) is 1.97. The topological polar surface area (TPSA) is 37.7 Å². The van der Waals surface area contributed by atoms with Crippen molar-refractivity contribution < 1.29 is 4.74 Å². The molecule has 2 aromatic rings. The Bertz CT molecular complexity index is 746. The van der Waals surface area contributed by atoms with Crippen LogP contribution >= 0.6 is 39.1 Å². The molecule has 0 aliphatic carbocycles. The van der Waals surface area contributed by atoms with Gasteiger partial charge in [-0.1, -0.05) is 25.4 Å². The van der Waals surface area contributed by atoms with Gasteiger partial charge in [0.15, 0.2) is 0 Å². The second kappa shape index (κ2) is 8.32. The second-order valence-electron chi connectivity index (χ2n) is 5.81. The summed E-state index contributed by atoms with van der Waals surface area (Å²) in [6.07, 6.45) is 1.77. The largest absolute Gasteiger partial charge is 0.444 e. The molecule has 0 N–H and O–H groups in total. The Morgan fingerprint density at radius 1 is 1.46 bits per heavy atom. The van der Waals surface area contributed by atoms with Crippen molar-refractivity contribution in [1.29, 1.82) is 0 Å². The molecule has 0 atom stereocenters. The number of hydrogen-bond donors (Lipinski definition) is 0. The van der Waals surface area contributed by atoms with Crippen molar-refractivity contribution in [3.05, 3.63) is 32.9 Å². The van der Waals surface area contributed by atoms with E-state index < -0.39 is 0 Å². The first kappa shape index (κ1) is 19.2. The lowest BCUT2D eigenvalue weighted by molar-refractivity contribution is 0.489. The van der Waals surface area contributed by atoms with Crippen molar-refractivity contribution in [2.75, 3.05) is 13.6 Å². The number of ether oxygens (including phenoxy) is 1. The van der Waals surface area contributed by atoms with Crippen LogP contribution in [0.5, 0.6) is 10.8 Å². The maximum Gasteiger partial charge on any atom is 0.214 e. The smallest absolute Gasteiger partial charge is 0.214 e. The monoisotopic (exact) mass is 429 g/mol. The molecule has 1 aromatic heterocycles.